The summed E-state index contributed by atoms with van der Waals surface area (Å²) >= 11 is 0. The topological polar surface area (TPSA) is 40.5 Å². The average molecular weight is 397 g/mol. The van der Waals surface area contributed by atoms with E-state index in [1.54, 1.807) is 0 Å². The van der Waals surface area contributed by atoms with Crippen molar-refractivity contribution in [3.05, 3.63) is 36.0 Å². The predicted octanol–water partition coefficient (Wildman–Crippen LogP) is 3.73. The third-order valence-electron chi connectivity index (χ3n) is 6.73. The van der Waals surface area contributed by atoms with Crippen LogP contribution in [-0.2, 0) is 6.54 Å². The lowest BCUT2D eigenvalue weighted by Gasteiger charge is -2.37. The second-order valence-electron chi connectivity index (χ2n) is 8.99. The zero-order valence-corrected chi connectivity index (χ0v) is 18.1. The molecule has 5 nitrogen and oxygen atoms in total. The smallest absolute Gasteiger partial charge is 0.253 e. The van der Waals surface area contributed by atoms with E-state index in [2.05, 4.69) is 53.0 Å². The fourth-order valence-electron chi connectivity index (χ4n) is 4.79. The fraction of sp³-hybridized carbons (Fsp3) is 0.625. The van der Waals surface area contributed by atoms with Crippen molar-refractivity contribution in [2.75, 3.05) is 32.7 Å². The van der Waals surface area contributed by atoms with E-state index in [0.29, 0.717) is 12.1 Å². The molecule has 0 saturated carbocycles. The van der Waals surface area contributed by atoms with Crippen molar-refractivity contribution in [2.24, 2.45) is 0 Å². The molecule has 0 spiro atoms. The van der Waals surface area contributed by atoms with Gasteiger partial charge in [-0.25, -0.2) is 0 Å². The van der Waals surface area contributed by atoms with Crippen LogP contribution >= 0.6 is 0 Å². The molecule has 2 aromatic rings. The van der Waals surface area contributed by atoms with Crippen LogP contribution in [0.5, 0.6) is 0 Å². The van der Waals surface area contributed by atoms with Crippen molar-refractivity contribution in [3.8, 4) is 0 Å². The van der Waals surface area contributed by atoms with Gasteiger partial charge in [-0.15, -0.1) is 0 Å². The standard InChI is InChI=1S/C24H36N4O/c1-19(2)26-14-16-28(17-15-26)24(29)21-7-8-23-20(18-21)9-12-27(23)13-10-22-6-4-3-5-11-25-22/h7-9,12,18-19,22,25H,3-6,10-11,13-17H2,1-2H3. The molecule has 0 aliphatic carbocycles. The minimum absolute atomic E-state index is 0.172. The Morgan fingerprint density at radius 1 is 1.10 bits per heavy atom. The molecule has 1 aromatic heterocycles. The molecule has 158 valence electrons. The molecule has 2 saturated heterocycles. The number of piperazine rings is 1. The summed E-state index contributed by atoms with van der Waals surface area (Å²) in [5, 5.41) is 4.87. The summed E-state index contributed by atoms with van der Waals surface area (Å²) < 4.78 is 2.34. The molecular weight excluding hydrogens is 360 g/mol. The molecular formula is C24H36N4O. The van der Waals surface area contributed by atoms with Crippen LogP contribution in [0.15, 0.2) is 30.5 Å². The number of nitrogens with zero attached hydrogens (tertiary/aromatic N) is 3. The molecule has 1 amide bonds. The third kappa shape index (κ3) is 4.84. The number of carbonyl (C=O) groups excluding carboxylic acids is 1. The van der Waals surface area contributed by atoms with Gasteiger partial charge in [-0.2, -0.15) is 0 Å². The van der Waals surface area contributed by atoms with E-state index in [1.165, 1.54) is 43.0 Å². The Labute approximate surface area is 175 Å². The summed E-state index contributed by atoms with van der Waals surface area (Å²) in [7, 11) is 0. The number of fused-ring (bicyclic) bond motifs is 1. The maximum atomic E-state index is 13.0. The Kier molecular flexibility index (Phi) is 6.56. The number of hydrogen-bond donors (Lipinski definition) is 1. The lowest BCUT2D eigenvalue weighted by atomic mass is 10.1. The van der Waals surface area contributed by atoms with E-state index in [-0.39, 0.29) is 5.91 Å². The molecule has 29 heavy (non-hydrogen) atoms. The normalized spacial score (nSPS) is 21.6. The molecule has 1 aromatic carbocycles. The van der Waals surface area contributed by atoms with Crippen molar-refractivity contribution in [1.82, 2.24) is 19.7 Å². The van der Waals surface area contributed by atoms with Gasteiger partial charge in [-0.05, 0) is 63.9 Å². The fourth-order valence-corrected chi connectivity index (χ4v) is 4.79. The molecule has 2 aliphatic heterocycles. The van der Waals surface area contributed by atoms with Crippen LogP contribution in [0.2, 0.25) is 0 Å². The third-order valence-corrected chi connectivity index (χ3v) is 6.73. The SMILES string of the molecule is CC(C)N1CCN(C(=O)c2ccc3c(ccn3CCC3CCCCCN3)c2)CC1. The first-order valence-corrected chi connectivity index (χ1v) is 11.5. The molecule has 1 N–H and O–H groups in total. The highest BCUT2D eigenvalue weighted by molar-refractivity contribution is 5.98. The van der Waals surface area contributed by atoms with Crippen LogP contribution in [0.3, 0.4) is 0 Å². The Balaban J connectivity index is 1.39. The molecule has 5 heteroatoms. The number of hydrogen-bond acceptors (Lipinski definition) is 3. The Morgan fingerprint density at radius 2 is 1.93 bits per heavy atom. The van der Waals surface area contributed by atoms with E-state index in [0.717, 1.165) is 44.8 Å². The number of rotatable bonds is 5. The van der Waals surface area contributed by atoms with Gasteiger partial charge >= 0.3 is 0 Å². The van der Waals surface area contributed by atoms with E-state index >= 15 is 0 Å². The maximum Gasteiger partial charge on any atom is 0.253 e. The summed E-state index contributed by atoms with van der Waals surface area (Å²) in [6.07, 6.45) is 8.66. The van der Waals surface area contributed by atoms with Gasteiger partial charge in [0, 0.05) is 67.5 Å². The van der Waals surface area contributed by atoms with Crippen LogP contribution in [0.1, 0.15) is 56.3 Å². The average Bonchev–Trinajstić information content (AvgIpc) is 2.96. The van der Waals surface area contributed by atoms with Crippen molar-refractivity contribution < 1.29 is 4.79 Å². The molecule has 3 heterocycles. The first kappa shape index (κ1) is 20.4. The molecule has 2 fully saturated rings. The predicted molar refractivity (Wildman–Crippen MR) is 119 cm³/mol. The Hall–Kier alpha value is -1.85. The summed E-state index contributed by atoms with van der Waals surface area (Å²) in [5.41, 5.74) is 2.05. The van der Waals surface area contributed by atoms with Gasteiger partial charge < -0.3 is 14.8 Å². The highest BCUT2D eigenvalue weighted by Crippen LogP contribution is 2.21. The summed E-state index contributed by atoms with van der Waals surface area (Å²) in [4.78, 5) is 17.4. The van der Waals surface area contributed by atoms with Gasteiger partial charge in [0.2, 0.25) is 0 Å². The molecule has 0 bridgehead atoms. The van der Waals surface area contributed by atoms with Crippen LogP contribution < -0.4 is 5.32 Å². The summed E-state index contributed by atoms with van der Waals surface area (Å²) in [6.45, 7) is 10.2. The minimum Gasteiger partial charge on any atom is -0.347 e. The van der Waals surface area contributed by atoms with E-state index in [9.17, 15) is 4.79 Å². The van der Waals surface area contributed by atoms with Gasteiger partial charge in [0.25, 0.3) is 5.91 Å². The summed E-state index contributed by atoms with van der Waals surface area (Å²) in [6, 6.07) is 9.57. The van der Waals surface area contributed by atoms with Gasteiger partial charge in [0.1, 0.15) is 0 Å². The van der Waals surface area contributed by atoms with Crippen LogP contribution in [0.4, 0.5) is 0 Å². The van der Waals surface area contributed by atoms with E-state index < -0.39 is 0 Å². The van der Waals surface area contributed by atoms with Gasteiger partial charge in [0.15, 0.2) is 0 Å². The number of benzene rings is 1. The lowest BCUT2D eigenvalue weighted by Crippen LogP contribution is -2.50. The van der Waals surface area contributed by atoms with Crippen molar-refractivity contribution in [1.29, 1.82) is 0 Å². The van der Waals surface area contributed by atoms with Crippen molar-refractivity contribution >= 4 is 16.8 Å². The minimum atomic E-state index is 0.172. The Bertz CT molecular complexity index is 811. The second-order valence-corrected chi connectivity index (χ2v) is 8.99. The van der Waals surface area contributed by atoms with Crippen LogP contribution in [-0.4, -0.2) is 65.1 Å². The largest absolute Gasteiger partial charge is 0.347 e. The van der Waals surface area contributed by atoms with Gasteiger partial charge in [0.05, 0.1) is 0 Å². The zero-order valence-electron chi connectivity index (χ0n) is 18.1. The number of nitrogens with one attached hydrogen (secondary N) is 1. The van der Waals surface area contributed by atoms with Crippen LogP contribution in [0.25, 0.3) is 10.9 Å². The number of amides is 1. The molecule has 1 unspecified atom stereocenters. The second kappa shape index (κ2) is 9.31. The monoisotopic (exact) mass is 396 g/mol. The highest BCUT2D eigenvalue weighted by Gasteiger charge is 2.23. The van der Waals surface area contributed by atoms with Crippen molar-refractivity contribution in [2.45, 2.75) is 64.6 Å². The summed E-state index contributed by atoms with van der Waals surface area (Å²) in [5.74, 6) is 0.172. The van der Waals surface area contributed by atoms with Gasteiger partial charge in [-0.1, -0.05) is 12.8 Å². The molecule has 2 aliphatic rings. The molecule has 1 atom stereocenters. The molecule has 4 rings (SSSR count). The van der Waals surface area contributed by atoms with Gasteiger partial charge in [-0.3, -0.25) is 9.69 Å². The van der Waals surface area contributed by atoms with Crippen molar-refractivity contribution in [3.63, 3.8) is 0 Å². The van der Waals surface area contributed by atoms with Crippen LogP contribution in [0, 0.1) is 0 Å². The number of aryl methyl sites for hydroxylation is 1. The van der Waals surface area contributed by atoms with E-state index in [4.69, 9.17) is 0 Å². The quantitative estimate of drug-likeness (QED) is 0.837. The highest BCUT2D eigenvalue weighted by atomic mass is 16.2. The number of aromatic nitrogens is 1. The zero-order chi connectivity index (χ0) is 20.2. The first-order valence-electron chi connectivity index (χ1n) is 11.5. The molecule has 0 radical (unpaired) electrons. The number of carbonyl (C=O) groups is 1. The van der Waals surface area contributed by atoms with E-state index in [1.807, 2.05) is 11.0 Å². The maximum absolute atomic E-state index is 13.0. The first-order chi connectivity index (χ1) is 14.1. The Morgan fingerprint density at radius 3 is 2.72 bits per heavy atom. The lowest BCUT2D eigenvalue weighted by molar-refractivity contribution is 0.0595.